The summed E-state index contributed by atoms with van der Waals surface area (Å²) in [6.45, 7) is 4.22. The number of carboxylic acid groups (broad SMARTS) is 1. The average molecular weight is 258 g/mol. The fraction of sp³-hybridized carbons (Fsp3) is 0.833. The third kappa shape index (κ3) is 4.27. The van der Waals surface area contributed by atoms with Gasteiger partial charge >= 0.3 is 5.97 Å². The molecule has 1 amide bonds. The molecule has 2 unspecified atom stereocenters. The molecule has 1 rings (SSSR count). The van der Waals surface area contributed by atoms with Crippen molar-refractivity contribution in [3.8, 4) is 0 Å². The van der Waals surface area contributed by atoms with Crippen molar-refractivity contribution in [2.45, 2.75) is 51.4 Å². The van der Waals surface area contributed by atoms with E-state index in [9.17, 15) is 9.59 Å². The van der Waals surface area contributed by atoms with E-state index in [-0.39, 0.29) is 17.9 Å². The van der Waals surface area contributed by atoms with Crippen LogP contribution in [0.1, 0.15) is 33.1 Å². The highest BCUT2D eigenvalue weighted by molar-refractivity contribution is 5.86. The maximum atomic E-state index is 11.9. The molecule has 0 spiro atoms. The van der Waals surface area contributed by atoms with Gasteiger partial charge in [0.15, 0.2) is 0 Å². The smallest absolute Gasteiger partial charge is 0.326 e. The van der Waals surface area contributed by atoms with E-state index >= 15 is 0 Å². The molecule has 1 heterocycles. The van der Waals surface area contributed by atoms with Gasteiger partial charge in [-0.2, -0.15) is 0 Å². The van der Waals surface area contributed by atoms with Crippen molar-refractivity contribution in [3.63, 3.8) is 0 Å². The van der Waals surface area contributed by atoms with E-state index in [0.29, 0.717) is 19.4 Å². The molecule has 18 heavy (non-hydrogen) atoms. The molecule has 0 radical (unpaired) electrons. The van der Waals surface area contributed by atoms with Crippen LogP contribution >= 0.6 is 0 Å². The lowest BCUT2D eigenvalue weighted by Crippen LogP contribution is -2.46. The summed E-state index contributed by atoms with van der Waals surface area (Å²) in [6.07, 6.45) is 1.11. The van der Waals surface area contributed by atoms with E-state index in [0.717, 1.165) is 6.42 Å². The van der Waals surface area contributed by atoms with Gasteiger partial charge < -0.3 is 20.9 Å². The lowest BCUT2D eigenvalue weighted by atomic mass is 10.0. The normalized spacial score (nSPS) is 25.1. The van der Waals surface area contributed by atoms with Crippen LogP contribution in [0.25, 0.3) is 0 Å². The van der Waals surface area contributed by atoms with Crippen LogP contribution in [0.5, 0.6) is 0 Å². The predicted molar refractivity (Wildman–Crippen MR) is 66.0 cm³/mol. The predicted octanol–water partition coefficient (Wildman–Crippen LogP) is 0.108. The van der Waals surface area contributed by atoms with Crippen molar-refractivity contribution in [2.24, 2.45) is 11.7 Å². The van der Waals surface area contributed by atoms with E-state index < -0.39 is 18.1 Å². The van der Waals surface area contributed by atoms with E-state index in [2.05, 4.69) is 5.32 Å². The van der Waals surface area contributed by atoms with Crippen molar-refractivity contribution in [1.82, 2.24) is 5.32 Å². The Morgan fingerprint density at radius 2 is 2.11 bits per heavy atom. The van der Waals surface area contributed by atoms with Crippen molar-refractivity contribution in [1.29, 1.82) is 0 Å². The number of hydrogen-bond acceptors (Lipinski definition) is 4. The molecule has 0 aromatic rings. The Bertz CT molecular complexity index is 306. The summed E-state index contributed by atoms with van der Waals surface area (Å²) >= 11 is 0. The minimum atomic E-state index is -1.01. The van der Waals surface area contributed by atoms with Crippen LogP contribution in [0.15, 0.2) is 0 Å². The van der Waals surface area contributed by atoms with Crippen LogP contribution in [-0.2, 0) is 14.3 Å². The molecule has 1 saturated heterocycles. The molecule has 6 heteroatoms. The molecule has 0 aromatic carbocycles. The zero-order chi connectivity index (χ0) is 13.7. The Morgan fingerprint density at radius 3 is 2.56 bits per heavy atom. The Balaban J connectivity index is 2.49. The molecular formula is C12H22N2O4. The van der Waals surface area contributed by atoms with Gasteiger partial charge in [0.05, 0.1) is 6.10 Å². The molecule has 0 aliphatic carbocycles. The average Bonchev–Trinajstić information content (AvgIpc) is 2.75. The number of ether oxygens (including phenoxy) is 1. The number of nitrogens with two attached hydrogens (primary N) is 1. The van der Waals surface area contributed by atoms with Gasteiger partial charge in [-0.1, -0.05) is 13.8 Å². The number of amides is 1. The first-order valence-corrected chi connectivity index (χ1v) is 6.32. The summed E-state index contributed by atoms with van der Waals surface area (Å²) in [7, 11) is 0. The molecule has 4 N–H and O–H groups in total. The van der Waals surface area contributed by atoms with Crippen LogP contribution in [0, 0.1) is 5.92 Å². The lowest BCUT2D eigenvalue weighted by Gasteiger charge is -2.19. The number of carbonyl (C=O) groups is 2. The fourth-order valence-electron chi connectivity index (χ4n) is 2.03. The summed E-state index contributed by atoms with van der Waals surface area (Å²) < 4.78 is 5.43. The molecule has 6 nitrogen and oxygen atoms in total. The maximum absolute atomic E-state index is 11.9. The van der Waals surface area contributed by atoms with E-state index in [1.165, 1.54) is 0 Å². The standard InChI is InChI=1S/C12H22N2O4/c1-7(2)5-9(12(16)17)14-11(15)10-4-3-8(6-13)18-10/h7-10H,3-6,13H2,1-2H3,(H,14,15)(H,16,17)/t8?,9-,10?/m1/s1. The summed E-state index contributed by atoms with van der Waals surface area (Å²) in [6, 6.07) is -0.849. The molecule has 0 saturated carbocycles. The van der Waals surface area contributed by atoms with Gasteiger partial charge in [0, 0.05) is 6.54 Å². The number of carbonyl (C=O) groups excluding carboxylic acids is 1. The van der Waals surface area contributed by atoms with Crippen molar-refractivity contribution < 1.29 is 19.4 Å². The molecule has 1 aliphatic rings. The second-order valence-electron chi connectivity index (χ2n) is 5.09. The lowest BCUT2D eigenvalue weighted by molar-refractivity contribution is -0.144. The van der Waals surface area contributed by atoms with Crippen LogP contribution < -0.4 is 11.1 Å². The highest BCUT2D eigenvalue weighted by Crippen LogP contribution is 2.19. The minimum Gasteiger partial charge on any atom is -0.480 e. The number of hydrogen-bond donors (Lipinski definition) is 3. The highest BCUT2D eigenvalue weighted by Gasteiger charge is 2.32. The Labute approximate surface area is 107 Å². The summed E-state index contributed by atoms with van der Waals surface area (Å²) in [5.41, 5.74) is 5.46. The van der Waals surface area contributed by atoms with Crippen LogP contribution in [0.3, 0.4) is 0 Å². The number of carboxylic acids is 1. The topological polar surface area (TPSA) is 102 Å². The van der Waals surface area contributed by atoms with Crippen molar-refractivity contribution in [2.75, 3.05) is 6.54 Å². The van der Waals surface area contributed by atoms with Crippen LogP contribution in [-0.4, -0.2) is 41.8 Å². The van der Waals surface area contributed by atoms with Crippen LogP contribution in [0.4, 0.5) is 0 Å². The third-order valence-electron chi connectivity index (χ3n) is 2.98. The molecule has 0 bridgehead atoms. The zero-order valence-electron chi connectivity index (χ0n) is 10.9. The van der Waals surface area contributed by atoms with Crippen molar-refractivity contribution >= 4 is 11.9 Å². The van der Waals surface area contributed by atoms with Crippen LogP contribution in [0.2, 0.25) is 0 Å². The molecular weight excluding hydrogens is 236 g/mol. The fourth-order valence-corrected chi connectivity index (χ4v) is 2.03. The molecule has 1 aliphatic heterocycles. The maximum Gasteiger partial charge on any atom is 0.326 e. The zero-order valence-corrected chi connectivity index (χ0v) is 10.9. The van der Waals surface area contributed by atoms with Gasteiger partial charge in [-0.15, -0.1) is 0 Å². The quantitative estimate of drug-likeness (QED) is 0.627. The van der Waals surface area contributed by atoms with E-state index in [4.69, 9.17) is 15.6 Å². The van der Waals surface area contributed by atoms with Gasteiger partial charge in [-0.3, -0.25) is 4.79 Å². The molecule has 1 fully saturated rings. The van der Waals surface area contributed by atoms with Gasteiger partial charge in [0.1, 0.15) is 12.1 Å². The summed E-state index contributed by atoms with van der Waals surface area (Å²) in [5.74, 6) is -1.16. The van der Waals surface area contributed by atoms with Gasteiger partial charge in [-0.25, -0.2) is 4.79 Å². The third-order valence-corrected chi connectivity index (χ3v) is 2.98. The summed E-state index contributed by atoms with van der Waals surface area (Å²) in [5, 5.41) is 11.6. The highest BCUT2D eigenvalue weighted by atomic mass is 16.5. The van der Waals surface area contributed by atoms with Crippen molar-refractivity contribution in [3.05, 3.63) is 0 Å². The largest absolute Gasteiger partial charge is 0.480 e. The monoisotopic (exact) mass is 258 g/mol. The molecule has 3 atom stereocenters. The first-order chi connectivity index (χ1) is 8.43. The molecule has 0 aromatic heterocycles. The minimum absolute atomic E-state index is 0.0888. The Kier molecular flexibility index (Phi) is 5.55. The number of aliphatic carboxylic acids is 1. The number of rotatable bonds is 6. The van der Waals surface area contributed by atoms with E-state index in [1.54, 1.807) is 0 Å². The Hall–Kier alpha value is -1.14. The Morgan fingerprint density at radius 1 is 1.44 bits per heavy atom. The number of nitrogens with one attached hydrogen (secondary N) is 1. The molecule has 104 valence electrons. The van der Waals surface area contributed by atoms with Gasteiger partial charge in [-0.05, 0) is 25.2 Å². The van der Waals surface area contributed by atoms with E-state index in [1.807, 2.05) is 13.8 Å². The SMILES string of the molecule is CC(C)C[C@@H](NC(=O)C1CCC(CN)O1)C(=O)O. The second kappa shape index (κ2) is 6.70. The van der Waals surface area contributed by atoms with Gasteiger partial charge in [0.25, 0.3) is 0 Å². The first kappa shape index (κ1) is 14.9. The van der Waals surface area contributed by atoms with Gasteiger partial charge in [0.2, 0.25) is 5.91 Å². The second-order valence-corrected chi connectivity index (χ2v) is 5.09. The first-order valence-electron chi connectivity index (χ1n) is 6.32. The summed E-state index contributed by atoms with van der Waals surface area (Å²) in [4.78, 5) is 22.9.